The molecule has 0 N–H and O–H groups in total. The quantitative estimate of drug-likeness (QED) is 0.603. The second kappa shape index (κ2) is 8.71. The van der Waals surface area contributed by atoms with Crippen LogP contribution in [0.4, 0.5) is 0 Å². The standard InChI is InChI=1S/C20H22N2O3.C2H6/c1-14-17-7-5-6-8-18(17)22(21-14)15-9-11-16(12-10-15)24-13-19(23)25-20(2,3)4;1-2/h5-12H,13H2,1-4H3;1-2H3. The fraction of sp³-hybridized carbons (Fsp3) is 0.364. The molecule has 3 rings (SSSR count). The van der Waals surface area contributed by atoms with Crippen molar-refractivity contribution >= 4 is 16.9 Å². The van der Waals surface area contributed by atoms with Gasteiger partial charge in [0, 0.05) is 5.39 Å². The van der Waals surface area contributed by atoms with E-state index in [0.29, 0.717) is 5.75 Å². The molecule has 0 aliphatic heterocycles. The van der Waals surface area contributed by atoms with Gasteiger partial charge in [-0.05, 0) is 58.0 Å². The lowest BCUT2D eigenvalue weighted by Crippen LogP contribution is -2.27. The van der Waals surface area contributed by atoms with Crippen LogP contribution in [0, 0.1) is 6.92 Å². The van der Waals surface area contributed by atoms with Gasteiger partial charge in [-0.2, -0.15) is 5.10 Å². The van der Waals surface area contributed by atoms with Crippen LogP contribution in [0.25, 0.3) is 16.6 Å². The lowest BCUT2D eigenvalue weighted by molar-refractivity contribution is -0.157. The predicted octanol–water partition coefficient (Wildman–Crippen LogP) is 5.08. The van der Waals surface area contributed by atoms with Crippen molar-refractivity contribution in [3.8, 4) is 11.4 Å². The molecular formula is C22H28N2O3. The minimum Gasteiger partial charge on any atom is -0.482 e. The summed E-state index contributed by atoms with van der Waals surface area (Å²) in [5.74, 6) is 0.230. The van der Waals surface area contributed by atoms with Crippen molar-refractivity contribution in [3.63, 3.8) is 0 Å². The Bertz CT molecular complexity index is 890. The Kier molecular flexibility index (Phi) is 6.61. The Morgan fingerprint density at radius 2 is 1.67 bits per heavy atom. The van der Waals surface area contributed by atoms with E-state index in [0.717, 1.165) is 22.3 Å². The van der Waals surface area contributed by atoms with Gasteiger partial charge in [0.2, 0.25) is 0 Å². The monoisotopic (exact) mass is 368 g/mol. The van der Waals surface area contributed by atoms with E-state index >= 15 is 0 Å². The minimum atomic E-state index is -0.511. The molecular weight excluding hydrogens is 340 g/mol. The van der Waals surface area contributed by atoms with Gasteiger partial charge in [0.15, 0.2) is 6.61 Å². The van der Waals surface area contributed by atoms with Crippen LogP contribution < -0.4 is 4.74 Å². The summed E-state index contributed by atoms with van der Waals surface area (Å²) in [6.45, 7) is 11.4. The van der Waals surface area contributed by atoms with E-state index in [2.05, 4.69) is 11.2 Å². The molecule has 27 heavy (non-hydrogen) atoms. The van der Waals surface area contributed by atoms with E-state index in [1.165, 1.54) is 0 Å². The third-order valence-electron chi connectivity index (χ3n) is 3.63. The Hall–Kier alpha value is -2.82. The van der Waals surface area contributed by atoms with Gasteiger partial charge in [-0.3, -0.25) is 0 Å². The van der Waals surface area contributed by atoms with Gasteiger partial charge in [0.1, 0.15) is 11.4 Å². The van der Waals surface area contributed by atoms with Crippen LogP contribution in [0.2, 0.25) is 0 Å². The third kappa shape index (κ3) is 5.33. The molecule has 0 aliphatic rings. The van der Waals surface area contributed by atoms with Gasteiger partial charge < -0.3 is 9.47 Å². The second-order valence-electron chi connectivity index (χ2n) is 6.88. The number of esters is 1. The highest BCUT2D eigenvalue weighted by Gasteiger charge is 2.16. The number of benzene rings is 2. The molecule has 0 aliphatic carbocycles. The summed E-state index contributed by atoms with van der Waals surface area (Å²) in [6, 6.07) is 15.6. The van der Waals surface area contributed by atoms with Gasteiger partial charge in [0.25, 0.3) is 0 Å². The zero-order valence-electron chi connectivity index (χ0n) is 16.9. The molecule has 0 atom stereocenters. The SMILES string of the molecule is CC.Cc1nn(-c2ccc(OCC(=O)OC(C)(C)C)cc2)c2ccccc12. The molecule has 3 aromatic rings. The molecule has 144 valence electrons. The molecule has 1 aromatic heterocycles. The third-order valence-corrected chi connectivity index (χ3v) is 3.63. The maximum Gasteiger partial charge on any atom is 0.344 e. The Balaban J connectivity index is 0.00000126. The van der Waals surface area contributed by atoms with Crippen LogP contribution in [0.3, 0.4) is 0 Å². The van der Waals surface area contributed by atoms with Crippen LogP contribution in [-0.2, 0) is 9.53 Å². The number of aryl methyl sites for hydroxylation is 1. The highest BCUT2D eigenvalue weighted by Crippen LogP contribution is 2.23. The summed E-state index contributed by atoms with van der Waals surface area (Å²) in [5.41, 5.74) is 2.47. The molecule has 5 nitrogen and oxygen atoms in total. The lowest BCUT2D eigenvalue weighted by atomic mass is 10.2. The molecule has 0 radical (unpaired) electrons. The molecule has 1 heterocycles. The largest absolute Gasteiger partial charge is 0.482 e. The average molecular weight is 368 g/mol. The smallest absolute Gasteiger partial charge is 0.344 e. The molecule has 0 saturated carbocycles. The lowest BCUT2D eigenvalue weighted by Gasteiger charge is -2.19. The Labute approximate surface area is 160 Å². The molecule has 2 aromatic carbocycles. The number of aromatic nitrogens is 2. The van der Waals surface area contributed by atoms with Crippen LogP contribution in [0.1, 0.15) is 40.3 Å². The summed E-state index contributed by atoms with van der Waals surface area (Å²) >= 11 is 0. The number of para-hydroxylation sites is 1. The summed E-state index contributed by atoms with van der Waals surface area (Å²) in [4.78, 5) is 11.7. The van der Waals surface area contributed by atoms with Gasteiger partial charge in [-0.15, -0.1) is 0 Å². The first-order valence-corrected chi connectivity index (χ1v) is 9.23. The van der Waals surface area contributed by atoms with Crippen LogP contribution in [0.5, 0.6) is 5.75 Å². The number of carbonyl (C=O) groups is 1. The van der Waals surface area contributed by atoms with E-state index in [1.54, 1.807) is 0 Å². The minimum absolute atomic E-state index is 0.111. The summed E-state index contributed by atoms with van der Waals surface area (Å²) in [5, 5.41) is 5.74. The number of ether oxygens (including phenoxy) is 2. The van der Waals surface area contributed by atoms with Crippen molar-refractivity contribution in [3.05, 3.63) is 54.2 Å². The second-order valence-corrected chi connectivity index (χ2v) is 6.88. The van der Waals surface area contributed by atoms with Crippen molar-refractivity contribution in [1.82, 2.24) is 9.78 Å². The number of nitrogens with zero attached hydrogens (tertiary/aromatic N) is 2. The van der Waals surface area contributed by atoms with E-state index < -0.39 is 5.60 Å². The normalized spacial score (nSPS) is 10.9. The van der Waals surface area contributed by atoms with Crippen molar-refractivity contribution in [2.45, 2.75) is 47.1 Å². The zero-order valence-corrected chi connectivity index (χ0v) is 16.9. The zero-order chi connectivity index (χ0) is 20.0. The highest BCUT2D eigenvalue weighted by molar-refractivity contribution is 5.83. The topological polar surface area (TPSA) is 53.4 Å². The fourth-order valence-corrected chi connectivity index (χ4v) is 2.62. The van der Waals surface area contributed by atoms with Crippen LogP contribution >= 0.6 is 0 Å². The van der Waals surface area contributed by atoms with Crippen LogP contribution in [0.15, 0.2) is 48.5 Å². The molecule has 5 heteroatoms. The number of hydrogen-bond acceptors (Lipinski definition) is 4. The van der Waals surface area contributed by atoms with Crippen molar-refractivity contribution in [2.75, 3.05) is 6.61 Å². The Morgan fingerprint density at radius 1 is 1.04 bits per heavy atom. The van der Waals surface area contributed by atoms with E-state index in [4.69, 9.17) is 9.47 Å². The molecule has 0 saturated heterocycles. The molecule has 0 amide bonds. The molecule has 0 spiro atoms. The molecule has 0 fully saturated rings. The van der Waals surface area contributed by atoms with Gasteiger partial charge in [0.05, 0.1) is 16.9 Å². The fourth-order valence-electron chi connectivity index (χ4n) is 2.62. The van der Waals surface area contributed by atoms with Crippen molar-refractivity contribution < 1.29 is 14.3 Å². The maximum atomic E-state index is 11.7. The predicted molar refractivity (Wildman–Crippen MR) is 108 cm³/mol. The maximum absolute atomic E-state index is 11.7. The first-order valence-electron chi connectivity index (χ1n) is 9.23. The van der Waals surface area contributed by atoms with Crippen molar-refractivity contribution in [2.24, 2.45) is 0 Å². The van der Waals surface area contributed by atoms with E-state index in [9.17, 15) is 4.79 Å². The first kappa shape index (κ1) is 20.5. The van der Waals surface area contributed by atoms with Gasteiger partial charge in [-0.1, -0.05) is 32.0 Å². The van der Waals surface area contributed by atoms with Crippen molar-refractivity contribution in [1.29, 1.82) is 0 Å². The van der Waals surface area contributed by atoms with E-state index in [1.807, 2.05) is 88.7 Å². The number of hydrogen-bond donors (Lipinski definition) is 0. The van der Waals surface area contributed by atoms with E-state index in [-0.39, 0.29) is 12.6 Å². The summed E-state index contributed by atoms with van der Waals surface area (Å²) in [6.07, 6.45) is 0. The number of fused-ring (bicyclic) bond motifs is 1. The summed E-state index contributed by atoms with van der Waals surface area (Å²) < 4.78 is 12.6. The van der Waals surface area contributed by atoms with Crippen LogP contribution in [-0.4, -0.2) is 28.0 Å². The molecule has 0 bridgehead atoms. The van der Waals surface area contributed by atoms with Gasteiger partial charge in [-0.25, -0.2) is 9.48 Å². The summed E-state index contributed by atoms with van der Waals surface area (Å²) in [7, 11) is 0. The number of rotatable bonds is 4. The Morgan fingerprint density at radius 3 is 2.30 bits per heavy atom. The first-order chi connectivity index (χ1) is 12.8. The molecule has 0 unspecified atom stereocenters. The number of carbonyl (C=O) groups excluding carboxylic acids is 1. The highest BCUT2D eigenvalue weighted by atomic mass is 16.6. The van der Waals surface area contributed by atoms with Gasteiger partial charge >= 0.3 is 5.97 Å². The average Bonchev–Trinajstić information content (AvgIpc) is 2.98.